The lowest BCUT2D eigenvalue weighted by molar-refractivity contribution is -0.274. The Bertz CT molecular complexity index is 847. The Kier molecular flexibility index (Phi) is 8.55. The molecule has 0 spiro atoms. The van der Waals surface area contributed by atoms with Crippen molar-refractivity contribution in [3.63, 3.8) is 0 Å². The zero-order chi connectivity index (χ0) is 23.0. The van der Waals surface area contributed by atoms with Crippen molar-refractivity contribution in [1.82, 2.24) is 0 Å². The zero-order valence-electron chi connectivity index (χ0n) is 18.0. The average Bonchev–Trinajstić information content (AvgIpc) is 2.78. The predicted molar refractivity (Wildman–Crippen MR) is 116 cm³/mol. The van der Waals surface area contributed by atoms with Crippen LogP contribution in [0.2, 0.25) is 0 Å². The van der Waals surface area contributed by atoms with Crippen LogP contribution in [0.25, 0.3) is 0 Å². The number of benzene rings is 1. The van der Waals surface area contributed by atoms with Crippen molar-refractivity contribution in [2.24, 2.45) is 17.8 Å². The molecule has 1 aromatic rings. The van der Waals surface area contributed by atoms with Crippen LogP contribution in [0, 0.1) is 29.1 Å². The number of hydrogen-bond donors (Lipinski definition) is 0. The van der Waals surface area contributed by atoms with E-state index in [1.807, 2.05) is 6.08 Å². The third-order valence-corrected chi connectivity index (χ3v) is 6.56. The topological polar surface area (TPSA) is 33.0 Å². The molecule has 1 aromatic carbocycles. The van der Waals surface area contributed by atoms with E-state index in [-0.39, 0.29) is 5.75 Å². The van der Waals surface area contributed by atoms with E-state index in [1.54, 1.807) is 18.2 Å². The molecule has 0 saturated heterocycles. The van der Waals surface area contributed by atoms with Crippen LogP contribution in [-0.2, 0) is 0 Å². The molecule has 0 atom stereocenters. The monoisotopic (exact) mass is 447 g/mol. The van der Waals surface area contributed by atoms with Crippen molar-refractivity contribution in [1.29, 1.82) is 5.26 Å². The van der Waals surface area contributed by atoms with Crippen LogP contribution in [0.3, 0.4) is 0 Å². The van der Waals surface area contributed by atoms with Gasteiger partial charge >= 0.3 is 6.36 Å². The molecule has 0 aliphatic heterocycles. The van der Waals surface area contributed by atoms with E-state index in [4.69, 9.17) is 5.26 Å². The highest BCUT2D eigenvalue weighted by atomic mass is 19.4. The van der Waals surface area contributed by atoms with Crippen LogP contribution in [-0.4, -0.2) is 6.36 Å². The molecule has 172 valence electrons. The summed E-state index contributed by atoms with van der Waals surface area (Å²) >= 11 is 0. The summed E-state index contributed by atoms with van der Waals surface area (Å²) in [5.74, 6) is 1.06. The van der Waals surface area contributed by atoms with Crippen molar-refractivity contribution in [2.45, 2.75) is 63.6 Å². The van der Waals surface area contributed by atoms with Gasteiger partial charge in [0.2, 0.25) is 0 Å². The molecule has 2 nitrogen and oxygen atoms in total. The van der Waals surface area contributed by atoms with Crippen LogP contribution in [0.5, 0.6) is 5.75 Å². The maximum atomic E-state index is 12.8. The Morgan fingerprint density at radius 2 is 1.34 bits per heavy atom. The number of ether oxygens (including phenoxy) is 1. The molecule has 2 aliphatic rings. The van der Waals surface area contributed by atoms with Gasteiger partial charge in [-0.25, -0.2) is 0 Å². The molecule has 0 heterocycles. The number of alkyl halides is 3. The summed E-state index contributed by atoms with van der Waals surface area (Å²) in [6, 6.07) is 7.77. The third kappa shape index (κ3) is 7.85. The highest BCUT2D eigenvalue weighted by Crippen LogP contribution is 2.38. The molecular formula is C26H29F4NO. The lowest BCUT2D eigenvalue weighted by Crippen LogP contribution is -2.17. The Morgan fingerprint density at radius 3 is 1.84 bits per heavy atom. The van der Waals surface area contributed by atoms with Gasteiger partial charge in [-0.05, 0) is 98.8 Å². The van der Waals surface area contributed by atoms with Gasteiger partial charge in [0.25, 0.3) is 0 Å². The van der Waals surface area contributed by atoms with Crippen molar-refractivity contribution in [3.8, 4) is 11.8 Å². The van der Waals surface area contributed by atoms with Gasteiger partial charge in [0.05, 0.1) is 0 Å². The van der Waals surface area contributed by atoms with E-state index in [0.717, 1.165) is 56.9 Å². The molecule has 0 bridgehead atoms. The summed E-state index contributed by atoms with van der Waals surface area (Å²) < 4.78 is 53.7. The van der Waals surface area contributed by atoms with E-state index < -0.39 is 12.2 Å². The molecule has 0 unspecified atom stereocenters. The van der Waals surface area contributed by atoms with Crippen LogP contribution in [0.1, 0.15) is 62.8 Å². The molecule has 32 heavy (non-hydrogen) atoms. The smallest absolute Gasteiger partial charge is 0.406 e. The largest absolute Gasteiger partial charge is 0.573 e. The summed E-state index contributed by atoms with van der Waals surface area (Å²) in [6.45, 7) is 0. The van der Waals surface area contributed by atoms with Crippen LogP contribution in [0.4, 0.5) is 17.6 Å². The van der Waals surface area contributed by atoms with Crippen LogP contribution < -0.4 is 4.74 Å². The summed E-state index contributed by atoms with van der Waals surface area (Å²) in [5.41, 5.74) is 1.08. The minimum absolute atomic E-state index is 0.172. The highest BCUT2D eigenvalue weighted by Gasteiger charge is 2.31. The summed E-state index contributed by atoms with van der Waals surface area (Å²) in [6.07, 6.45) is 13.6. The molecule has 0 N–H and O–H groups in total. The Labute approximate surface area is 187 Å². The Balaban J connectivity index is 1.39. The molecule has 0 amide bonds. The molecule has 0 radical (unpaired) electrons. The van der Waals surface area contributed by atoms with Gasteiger partial charge in [0.15, 0.2) is 5.83 Å². The zero-order valence-corrected chi connectivity index (χ0v) is 18.0. The maximum Gasteiger partial charge on any atom is 0.573 e. The fraction of sp³-hybridized carbons (Fsp3) is 0.500. The number of halogens is 4. The summed E-state index contributed by atoms with van der Waals surface area (Å²) in [7, 11) is 0. The number of hydrogen-bond acceptors (Lipinski definition) is 2. The maximum absolute atomic E-state index is 12.8. The molecule has 6 heteroatoms. The Morgan fingerprint density at radius 1 is 0.844 bits per heavy atom. The van der Waals surface area contributed by atoms with Gasteiger partial charge in [-0.3, -0.25) is 0 Å². The Hall–Kier alpha value is -2.55. The van der Waals surface area contributed by atoms with E-state index in [2.05, 4.69) is 16.9 Å². The normalized spacial score (nSPS) is 27.5. The number of nitrogens with zero attached hydrogens (tertiary/aromatic N) is 1. The van der Waals surface area contributed by atoms with Gasteiger partial charge in [0.1, 0.15) is 11.8 Å². The molecule has 0 aromatic heterocycles. The van der Waals surface area contributed by atoms with E-state index in [9.17, 15) is 17.6 Å². The second-order valence-electron chi connectivity index (χ2n) is 8.80. The lowest BCUT2D eigenvalue weighted by atomic mass is 9.77. The molecule has 2 saturated carbocycles. The minimum atomic E-state index is -4.66. The number of nitriles is 1. The van der Waals surface area contributed by atoms with Gasteiger partial charge in [-0.2, -0.15) is 9.65 Å². The number of allylic oxidation sites excluding steroid dienone is 6. The van der Waals surface area contributed by atoms with Gasteiger partial charge in [-0.1, -0.05) is 36.4 Å². The summed E-state index contributed by atoms with van der Waals surface area (Å²) in [5, 5.41) is 8.42. The first kappa shape index (κ1) is 24.1. The van der Waals surface area contributed by atoms with Crippen molar-refractivity contribution < 1.29 is 22.3 Å². The first-order chi connectivity index (χ1) is 15.3. The first-order valence-corrected chi connectivity index (χ1v) is 11.3. The number of rotatable bonds is 6. The third-order valence-electron chi connectivity index (χ3n) is 6.56. The van der Waals surface area contributed by atoms with E-state index in [0.29, 0.717) is 23.7 Å². The van der Waals surface area contributed by atoms with E-state index >= 15 is 0 Å². The fourth-order valence-electron chi connectivity index (χ4n) is 4.77. The highest BCUT2D eigenvalue weighted by molar-refractivity contribution is 5.30. The molecule has 3 rings (SSSR count). The molecule has 2 aliphatic carbocycles. The molecule has 2 fully saturated rings. The van der Waals surface area contributed by atoms with Gasteiger partial charge in [0, 0.05) is 0 Å². The van der Waals surface area contributed by atoms with Crippen molar-refractivity contribution >= 4 is 0 Å². The predicted octanol–water partition coefficient (Wildman–Crippen LogP) is 8.15. The van der Waals surface area contributed by atoms with Gasteiger partial charge < -0.3 is 4.74 Å². The van der Waals surface area contributed by atoms with Crippen LogP contribution >= 0.6 is 0 Å². The molecular weight excluding hydrogens is 418 g/mol. The lowest BCUT2D eigenvalue weighted by Gasteiger charge is -2.28. The average molecular weight is 448 g/mol. The van der Waals surface area contributed by atoms with Crippen molar-refractivity contribution in [2.75, 3.05) is 0 Å². The quantitative estimate of drug-likeness (QED) is 0.191. The second-order valence-corrected chi connectivity index (χ2v) is 8.80. The fourth-order valence-corrected chi connectivity index (χ4v) is 4.77. The second kappa shape index (κ2) is 11.4. The standard InChI is InChI=1S/C26H29F4NO/c27-24(18-31)3-1-2-19-4-6-20(7-5-19)8-9-21-10-12-22(13-11-21)23-14-16-25(17-15-23)32-26(28,29)30/h1-3,8-9,14-17,19-22H,4-7,10-13H2/t19-,20-,21-,22-. The van der Waals surface area contributed by atoms with Crippen molar-refractivity contribution in [3.05, 3.63) is 66.0 Å². The van der Waals surface area contributed by atoms with Crippen LogP contribution in [0.15, 0.2) is 60.5 Å². The summed E-state index contributed by atoms with van der Waals surface area (Å²) in [4.78, 5) is 0. The van der Waals surface area contributed by atoms with E-state index in [1.165, 1.54) is 24.3 Å². The minimum Gasteiger partial charge on any atom is -0.406 e. The first-order valence-electron chi connectivity index (χ1n) is 11.3. The SMILES string of the molecule is N#CC(F)=CC=C[C@H]1CC[C@H](C=C[C@H]2CC[C@H](c3ccc(OC(F)(F)F)cc3)CC2)CC1. The van der Waals surface area contributed by atoms with Gasteiger partial charge in [-0.15, -0.1) is 13.2 Å².